The fourth-order valence-electron chi connectivity index (χ4n) is 5.14. The predicted octanol–water partition coefficient (Wildman–Crippen LogP) is 3.25. The number of carbonyl (C=O) groups is 2. The molecule has 2 aliphatic heterocycles. The highest BCUT2D eigenvalue weighted by molar-refractivity contribution is 7.89. The molecule has 0 unspecified atom stereocenters. The Hall–Kier alpha value is -3.11. The molecule has 2 fully saturated rings. The summed E-state index contributed by atoms with van der Waals surface area (Å²) in [6.45, 7) is 2.24. The molecule has 182 valence electrons. The smallest absolute Gasteiger partial charge is 0.325 e. The molecule has 2 aromatic rings. The molecule has 2 heterocycles. The zero-order valence-electron chi connectivity index (χ0n) is 19.2. The van der Waals surface area contributed by atoms with Crippen LogP contribution in [-0.2, 0) is 14.8 Å². The number of amides is 2. The lowest BCUT2D eigenvalue weighted by Crippen LogP contribution is -2.59. The summed E-state index contributed by atoms with van der Waals surface area (Å²) < 4.78 is 34.0. The first-order chi connectivity index (χ1) is 16.2. The number of ether oxygens (including phenoxy) is 1. The minimum Gasteiger partial charge on any atom is -0.497 e. The summed E-state index contributed by atoms with van der Waals surface area (Å²) in [5, 5.41) is 13.1. The standard InChI is InChI=1S/C24H29N3O6S/c1-3-24(22(28)29)15-17-13-14-26(23(30)25-18-7-5-4-6-8-18)16-21(17)27(24)34(31,32)20-11-9-19(33-2)10-12-20/h4-12,17,21H,3,13-16H2,1-2H3,(H,25,30)(H,28,29)/t17-,21-,24-/m0/s1. The van der Waals surface area contributed by atoms with Gasteiger partial charge in [-0.15, -0.1) is 0 Å². The predicted molar refractivity (Wildman–Crippen MR) is 126 cm³/mol. The van der Waals surface area contributed by atoms with Gasteiger partial charge in [0.25, 0.3) is 0 Å². The molecule has 3 atom stereocenters. The number of fused-ring (bicyclic) bond motifs is 1. The molecule has 0 aromatic heterocycles. The molecule has 0 saturated carbocycles. The van der Waals surface area contributed by atoms with Gasteiger partial charge in [-0.25, -0.2) is 13.2 Å². The summed E-state index contributed by atoms with van der Waals surface area (Å²) >= 11 is 0. The van der Waals surface area contributed by atoms with Crippen LogP contribution in [0.5, 0.6) is 5.75 Å². The van der Waals surface area contributed by atoms with Crippen molar-refractivity contribution in [3.05, 3.63) is 54.6 Å². The Bertz CT molecular complexity index is 1150. The van der Waals surface area contributed by atoms with Gasteiger partial charge >= 0.3 is 12.0 Å². The Kier molecular flexibility index (Phi) is 6.55. The maximum atomic E-state index is 13.8. The van der Waals surface area contributed by atoms with Crippen LogP contribution in [0.1, 0.15) is 26.2 Å². The van der Waals surface area contributed by atoms with E-state index in [9.17, 15) is 23.1 Å². The van der Waals surface area contributed by atoms with Crippen LogP contribution in [0.3, 0.4) is 0 Å². The second kappa shape index (κ2) is 9.27. The SMILES string of the molecule is CC[C@@]1(C(=O)O)C[C@@H]2CCN(C(=O)Nc3ccccc3)C[C@@H]2N1S(=O)(=O)c1ccc(OC)cc1. The third kappa shape index (κ3) is 4.12. The molecule has 2 saturated heterocycles. The maximum absolute atomic E-state index is 13.8. The summed E-state index contributed by atoms with van der Waals surface area (Å²) in [6.07, 6.45) is 0.866. The van der Waals surface area contributed by atoms with Crippen LogP contribution in [0.25, 0.3) is 0 Å². The number of carboxylic acid groups (broad SMARTS) is 1. The van der Waals surface area contributed by atoms with E-state index in [0.29, 0.717) is 24.4 Å². The van der Waals surface area contributed by atoms with Crippen LogP contribution in [-0.4, -0.2) is 66.5 Å². The Balaban J connectivity index is 1.68. The minimum absolute atomic E-state index is 0.00103. The zero-order valence-corrected chi connectivity index (χ0v) is 20.0. The van der Waals surface area contributed by atoms with Crippen molar-refractivity contribution in [3.8, 4) is 5.75 Å². The highest BCUT2D eigenvalue weighted by atomic mass is 32.2. The molecule has 0 bridgehead atoms. The van der Waals surface area contributed by atoms with E-state index in [0.717, 1.165) is 4.31 Å². The van der Waals surface area contributed by atoms with E-state index in [1.54, 1.807) is 24.0 Å². The zero-order chi connectivity index (χ0) is 24.5. The van der Waals surface area contributed by atoms with E-state index in [1.807, 2.05) is 18.2 Å². The highest BCUT2D eigenvalue weighted by Gasteiger charge is 2.61. The first-order valence-corrected chi connectivity index (χ1v) is 12.7. The summed E-state index contributed by atoms with van der Waals surface area (Å²) in [4.78, 5) is 27.0. The number of hydrogen-bond acceptors (Lipinski definition) is 5. The number of carbonyl (C=O) groups excluding carboxylic acids is 1. The fourth-order valence-corrected chi connectivity index (χ4v) is 7.18. The van der Waals surface area contributed by atoms with Crippen molar-refractivity contribution in [3.63, 3.8) is 0 Å². The van der Waals surface area contributed by atoms with Crippen LogP contribution in [0.15, 0.2) is 59.5 Å². The van der Waals surface area contributed by atoms with Crippen LogP contribution in [0.4, 0.5) is 10.5 Å². The van der Waals surface area contributed by atoms with Gasteiger partial charge in [-0.05, 0) is 61.6 Å². The van der Waals surface area contributed by atoms with Gasteiger partial charge in [0.2, 0.25) is 10.0 Å². The highest BCUT2D eigenvalue weighted by Crippen LogP contribution is 2.47. The van der Waals surface area contributed by atoms with E-state index in [-0.39, 0.29) is 36.2 Å². The Morgan fingerprint density at radius 1 is 1.15 bits per heavy atom. The average Bonchev–Trinajstić information content (AvgIpc) is 3.20. The lowest BCUT2D eigenvalue weighted by atomic mass is 9.86. The first kappa shape index (κ1) is 24.0. The number of likely N-dealkylation sites (tertiary alicyclic amines) is 1. The Labute approximate surface area is 199 Å². The van der Waals surface area contributed by atoms with Crippen LogP contribution >= 0.6 is 0 Å². The lowest BCUT2D eigenvalue weighted by molar-refractivity contribution is -0.147. The van der Waals surface area contributed by atoms with Crippen molar-refractivity contribution < 1.29 is 27.9 Å². The third-order valence-corrected chi connectivity index (χ3v) is 8.96. The quantitative estimate of drug-likeness (QED) is 0.646. The average molecular weight is 488 g/mol. The summed E-state index contributed by atoms with van der Waals surface area (Å²) in [5.74, 6) is -0.828. The van der Waals surface area contributed by atoms with Crippen LogP contribution < -0.4 is 10.1 Å². The second-order valence-electron chi connectivity index (χ2n) is 8.73. The maximum Gasteiger partial charge on any atom is 0.325 e. The molecule has 2 amide bonds. The van der Waals surface area contributed by atoms with Gasteiger partial charge in [0, 0.05) is 24.8 Å². The number of anilines is 1. The van der Waals surface area contributed by atoms with E-state index in [4.69, 9.17) is 4.74 Å². The number of para-hydroxylation sites is 1. The van der Waals surface area contributed by atoms with E-state index in [1.165, 1.54) is 31.4 Å². The molecule has 2 N–H and O–H groups in total. The number of aliphatic carboxylic acids is 1. The van der Waals surface area contributed by atoms with Gasteiger partial charge in [0.05, 0.1) is 12.0 Å². The van der Waals surface area contributed by atoms with Crippen molar-refractivity contribution in [1.29, 1.82) is 0 Å². The van der Waals surface area contributed by atoms with E-state index < -0.39 is 27.6 Å². The number of nitrogens with zero attached hydrogens (tertiary/aromatic N) is 2. The number of urea groups is 1. The molecule has 0 radical (unpaired) electrons. The second-order valence-corrected chi connectivity index (χ2v) is 10.5. The number of benzene rings is 2. The van der Waals surface area contributed by atoms with Crippen molar-refractivity contribution in [2.75, 3.05) is 25.5 Å². The van der Waals surface area contributed by atoms with E-state index in [2.05, 4.69) is 5.32 Å². The number of rotatable bonds is 6. The van der Waals surface area contributed by atoms with Crippen molar-refractivity contribution in [2.24, 2.45) is 5.92 Å². The van der Waals surface area contributed by atoms with Crippen molar-refractivity contribution in [2.45, 2.75) is 42.7 Å². The molecule has 34 heavy (non-hydrogen) atoms. The first-order valence-electron chi connectivity index (χ1n) is 11.3. The van der Waals surface area contributed by atoms with Crippen molar-refractivity contribution in [1.82, 2.24) is 9.21 Å². The van der Waals surface area contributed by atoms with Gasteiger partial charge in [0.1, 0.15) is 11.3 Å². The lowest BCUT2D eigenvalue weighted by Gasteiger charge is -2.40. The molecular weight excluding hydrogens is 458 g/mol. The topological polar surface area (TPSA) is 116 Å². The number of carboxylic acids is 1. The minimum atomic E-state index is -4.17. The molecule has 0 aliphatic carbocycles. The van der Waals surface area contributed by atoms with Gasteiger partial charge < -0.3 is 20.1 Å². The van der Waals surface area contributed by atoms with Crippen molar-refractivity contribution >= 4 is 27.7 Å². The van der Waals surface area contributed by atoms with Gasteiger partial charge in [-0.3, -0.25) is 4.79 Å². The molecule has 0 spiro atoms. The van der Waals surface area contributed by atoms with Crippen LogP contribution in [0, 0.1) is 5.92 Å². The Morgan fingerprint density at radius 3 is 2.41 bits per heavy atom. The van der Waals surface area contributed by atoms with E-state index >= 15 is 0 Å². The number of methoxy groups -OCH3 is 1. The number of sulfonamides is 1. The molecule has 10 heteroatoms. The summed E-state index contributed by atoms with van der Waals surface area (Å²) in [7, 11) is -2.68. The molecular formula is C24H29N3O6S. The van der Waals surface area contributed by atoms with Gasteiger partial charge in [-0.1, -0.05) is 25.1 Å². The number of piperidine rings is 1. The summed E-state index contributed by atoms with van der Waals surface area (Å²) in [6, 6.07) is 13.9. The number of hydrogen-bond donors (Lipinski definition) is 2. The van der Waals surface area contributed by atoms with Gasteiger partial charge in [0.15, 0.2) is 0 Å². The molecule has 9 nitrogen and oxygen atoms in total. The number of nitrogens with one attached hydrogen (secondary N) is 1. The Morgan fingerprint density at radius 2 is 1.82 bits per heavy atom. The summed E-state index contributed by atoms with van der Waals surface area (Å²) in [5.41, 5.74) is -0.933. The molecule has 2 aromatic carbocycles. The molecule has 2 aliphatic rings. The normalized spacial score (nSPS) is 24.9. The monoisotopic (exact) mass is 487 g/mol. The molecule has 4 rings (SSSR count). The largest absolute Gasteiger partial charge is 0.497 e. The van der Waals surface area contributed by atoms with Crippen LogP contribution in [0.2, 0.25) is 0 Å². The third-order valence-electron chi connectivity index (χ3n) is 6.96. The van der Waals surface area contributed by atoms with Gasteiger partial charge in [-0.2, -0.15) is 4.31 Å². The fraction of sp³-hybridized carbons (Fsp3) is 0.417.